The van der Waals surface area contributed by atoms with E-state index >= 15 is 0 Å². The maximum absolute atomic E-state index is 4.94. The highest BCUT2D eigenvalue weighted by atomic mass is 14.7. The predicted octanol–water partition coefficient (Wildman–Crippen LogP) is 12.4. The Balaban J connectivity index is 1.43. The van der Waals surface area contributed by atoms with Crippen molar-refractivity contribution in [2.45, 2.75) is 0 Å². The number of pyridine rings is 2. The summed E-state index contributed by atoms with van der Waals surface area (Å²) in [7, 11) is 0. The van der Waals surface area contributed by atoms with Crippen molar-refractivity contribution < 1.29 is 0 Å². The highest BCUT2D eigenvalue weighted by Gasteiger charge is 2.20. The van der Waals surface area contributed by atoms with E-state index in [1.807, 2.05) is 24.5 Å². The number of para-hydroxylation sites is 2. The molecule has 0 amide bonds. The fraction of sp³-hybridized carbons (Fsp3) is 0. The third-order valence-electron chi connectivity index (χ3n) is 9.85. The molecule has 0 spiro atoms. The van der Waals surface area contributed by atoms with Gasteiger partial charge in [-0.1, -0.05) is 115 Å². The lowest BCUT2D eigenvalue weighted by atomic mass is 9.83. The molecule has 2 aromatic heterocycles. The zero-order valence-electron chi connectivity index (χ0n) is 26.1. The van der Waals surface area contributed by atoms with E-state index in [1.165, 1.54) is 65.3 Å². The molecule has 0 unspecified atom stereocenters. The fourth-order valence-electron chi connectivity index (χ4n) is 7.66. The molecule has 0 N–H and O–H groups in total. The normalized spacial score (nSPS) is 11.8. The van der Waals surface area contributed by atoms with Crippen LogP contribution in [0, 0.1) is 0 Å². The molecule has 0 radical (unpaired) electrons. The van der Waals surface area contributed by atoms with Crippen LogP contribution < -0.4 is 0 Å². The van der Waals surface area contributed by atoms with Crippen molar-refractivity contribution in [2.75, 3.05) is 0 Å². The lowest BCUT2D eigenvalue weighted by Gasteiger charge is -2.20. The van der Waals surface area contributed by atoms with Gasteiger partial charge in [-0.25, -0.2) is 0 Å². The monoisotopic (exact) mass is 608 g/mol. The van der Waals surface area contributed by atoms with E-state index in [2.05, 4.69) is 146 Å². The molecule has 0 aliphatic heterocycles. The van der Waals surface area contributed by atoms with Crippen LogP contribution >= 0.6 is 0 Å². The van der Waals surface area contributed by atoms with Gasteiger partial charge in [0.15, 0.2) is 0 Å². The summed E-state index contributed by atoms with van der Waals surface area (Å²) >= 11 is 0. The molecule has 10 aromatic rings. The molecular formula is C46H28N2. The van der Waals surface area contributed by atoms with Gasteiger partial charge in [0.25, 0.3) is 0 Å². The topological polar surface area (TPSA) is 25.8 Å². The molecule has 10 rings (SSSR count). The summed E-state index contributed by atoms with van der Waals surface area (Å²) in [6.45, 7) is 0. The minimum Gasteiger partial charge on any atom is -0.256 e. The van der Waals surface area contributed by atoms with Crippen LogP contribution in [0.25, 0.3) is 98.3 Å². The van der Waals surface area contributed by atoms with Crippen LogP contribution in [-0.2, 0) is 0 Å². The summed E-state index contributed by atoms with van der Waals surface area (Å²) in [5.41, 5.74) is 9.06. The first kappa shape index (κ1) is 26.8. The average molecular weight is 609 g/mol. The van der Waals surface area contributed by atoms with Crippen molar-refractivity contribution in [1.82, 2.24) is 9.97 Å². The van der Waals surface area contributed by atoms with Crippen molar-refractivity contribution in [3.05, 3.63) is 170 Å². The van der Waals surface area contributed by atoms with E-state index < -0.39 is 0 Å². The average Bonchev–Trinajstić information content (AvgIpc) is 3.16. The molecule has 0 saturated carbocycles. The second-order valence-electron chi connectivity index (χ2n) is 12.6. The SMILES string of the molecule is c1ccc(-c2cc3ccccc3c3cc4c(-c5cnc6ccccc6c5)c5ccccc5c(-c5cnc6ccccc6c5)c4cc23)cc1. The molecular weight excluding hydrogens is 581 g/mol. The molecule has 2 nitrogen and oxygen atoms in total. The first-order valence-corrected chi connectivity index (χ1v) is 16.4. The van der Waals surface area contributed by atoms with Crippen LogP contribution in [-0.4, -0.2) is 9.97 Å². The Hall–Kier alpha value is -6.38. The van der Waals surface area contributed by atoms with E-state index in [4.69, 9.17) is 9.97 Å². The van der Waals surface area contributed by atoms with Crippen LogP contribution in [0.2, 0.25) is 0 Å². The number of fused-ring (bicyclic) bond motifs is 7. The van der Waals surface area contributed by atoms with Crippen molar-refractivity contribution in [2.24, 2.45) is 0 Å². The van der Waals surface area contributed by atoms with Gasteiger partial charge in [-0.3, -0.25) is 9.97 Å². The predicted molar refractivity (Wildman–Crippen MR) is 203 cm³/mol. The molecule has 222 valence electrons. The molecule has 0 aliphatic rings. The number of nitrogens with zero attached hydrogens (tertiary/aromatic N) is 2. The third kappa shape index (κ3) is 4.13. The van der Waals surface area contributed by atoms with Crippen LogP contribution in [0.5, 0.6) is 0 Å². The Kier molecular flexibility index (Phi) is 5.91. The van der Waals surface area contributed by atoms with Gasteiger partial charge in [0, 0.05) is 34.3 Å². The largest absolute Gasteiger partial charge is 0.256 e. The quantitative estimate of drug-likeness (QED) is 0.147. The Labute approximate surface area is 277 Å². The Morgan fingerprint density at radius 1 is 0.292 bits per heavy atom. The van der Waals surface area contributed by atoms with E-state index in [1.54, 1.807) is 0 Å². The first-order valence-electron chi connectivity index (χ1n) is 16.4. The minimum atomic E-state index is 0.997. The molecule has 0 aliphatic carbocycles. The molecule has 48 heavy (non-hydrogen) atoms. The Bertz CT molecular complexity index is 2890. The maximum atomic E-state index is 4.94. The fourth-order valence-corrected chi connectivity index (χ4v) is 7.66. The second kappa shape index (κ2) is 10.6. The van der Waals surface area contributed by atoms with Crippen molar-refractivity contribution in [3.8, 4) is 33.4 Å². The smallest absolute Gasteiger partial charge is 0.0702 e. The molecule has 8 aromatic carbocycles. The minimum absolute atomic E-state index is 0.997. The summed E-state index contributed by atoms with van der Waals surface area (Å²) < 4.78 is 0. The van der Waals surface area contributed by atoms with Crippen LogP contribution in [0.4, 0.5) is 0 Å². The van der Waals surface area contributed by atoms with Gasteiger partial charge < -0.3 is 0 Å². The lowest BCUT2D eigenvalue weighted by Crippen LogP contribution is -1.94. The highest BCUT2D eigenvalue weighted by molar-refractivity contribution is 6.27. The lowest BCUT2D eigenvalue weighted by molar-refractivity contribution is 1.41. The summed E-state index contributed by atoms with van der Waals surface area (Å²) in [6, 6.07) is 56.9. The van der Waals surface area contributed by atoms with Gasteiger partial charge in [0.05, 0.1) is 11.0 Å². The zero-order valence-corrected chi connectivity index (χ0v) is 26.1. The number of benzene rings is 8. The molecule has 2 heteroatoms. The van der Waals surface area contributed by atoms with Crippen LogP contribution in [0.15, 0.2) is 170 Å². The van der Waals surface area contributed by atoms with Crippen molar-refractivity contribution >= 4 is 64.9 Å². The summed E-state index contributed by atoms with van der Waals surface area (Å²) in [5.74, 6) is 0. The van der Waals surface area contributed by atoms with Gasteiger partial charge in [0.2, 0.25) is 0 Å². The summed E-state index contributed by atoms with van der Waals surface area (Å²) in [5, 5.41) is 12.0. The second-order valence-corrected chi connectivity index (χ2v) is 12.6. The summed E-state index contributed by atoms with van der Waals surface area (Å²) in [4.78, 5) is 9.89. The van der Waals surface area contributed by atoms with Crippen molar-refractivity contribution in [3.63, 3.8) is 0 Å². The van der Waals surface area contributed by atoms with Gasteiger partial charge in [0.1, 0.15) is 0 Å². The Morgan fingerprint density at radius 2 is 0.771 bits per heavy atom. The number of aromatic nitrogens is 2. The van der Waals surface area contributed by atoms with Gasteiger partial charge >= 0.3 is 0 Å². The van der Waals surface area contributed by atoms with E-state index in [-0.39, 0.29) is 0 Å². The van der Waals surface area contributed by atoms with Crippen molar-refractivity contribution in [1.29, 1.82) is 0 Å². The van der Waals surface area contributed by atoms with E-state index in [0.29, 0.717) is 0 Å². The molecule has 0 saturated heterocycles. The maximum Gasteiger partial charge on any atom is 0.0702 e. The molecule has 0 atom stereocenters. The number of rotatable bonds is 3. The van der Waals surface area contributed by atoms with Crippen LogP contribution in [0.3, 0.4) is 0 Å². The van der Waals surface area contributed by atoms with Gasteiger partial charge in [-0.2, -0.15) is 0 Å². The highest BCUT2D eigenvalue weighted by Crippen LogP contribution is 2.47. The summed E-state index contributed by atoms with van der Waals surface area (Å²) in [6.07, 6.45) is 4.09. The van der Waals surface area contributed by atoms with Crippen LogP contribution in [0.1, 0.15) is 0 Å². The van der Waals surface area contributed by atoms with Gasteiger partial charge in [-0.05, 0) is 108 Å². The molecule has 0 bridgehead atoms. The standard InChI is InChI=1S/C46H28N2/c1-2-12-29(13-3-1)38-24-30-14-4-7-17-35(30)39-25-41-42(26-40(38)39)46(34-23-32-16-6-11-21-44(32)48-28-34)37-19-9-8-18-36(37)45(41)33-22-31-15-5-10-20-43(31)47-27-33/h1-28H. The first-order chi connectivity index (χ1) is 23.8. The van der Waals surface area contributed by atoms with E-state index in [9.17, 15) is 0 Å². The van der Waals surface area contributed by atoms with Gasteiger partial charge in [-0.15, -0.1) is 0 Å². The molecule has 0 fully saturated rings. The third-order valence-corrected chi connectivity index (χ3v) is 9.85. The van der Waals surface area contributed by atoms with E-state index in [0.717, 1.165) is 32.9 Å². The number of hydrogen-bond acceptors (Lipinski definition) is 2. The molecule has 2 heterocycles. The Morgan fingerprint density at radius 3 is 1.38 bits per heavy atom. The zero-order chi connectivity index (χ0) is 31.6. The number of hydrogen-bond donors (Lipinski definition) is 0.